The van der Waals surface area contributed by atoms with Crippen molar-refractivity contribution in [3.05, 3.63) is 0 Å². The summed E-state index contributed by atoms with van der Waals surface area (Å²) in [5.41, 5.74) is 4.58. The molecule has 0 aromatic heterocycles. The predicted molar refractivity (Wildman–Crippen MR) is 147 cm³/mol. The van der Waals surface area contributed by atoms with Crippen molar-refractivity contribution in [1.29, 1.82) is 0 Å². The van der Waals surface area contributed by atoms with Crippen LogP contribution in [0.15, 0.2) is 0 Å². The van der Waals surface area contributed by atoms with E-state index in [1.54, 1.807) is 27.7 Å². The van der Waals surface area contributed by atoms with Gasteiger partial charge in [-0.3, -0.25) is 29.3 Å². The maximum Gasteiger partial charge on any atom is 0.326 e. The number of carboxylic acids is 3. The van der Waals surface area contributed by atoms with E-state index >= 15 is 0 Å². The minimum absolute atomic E-state index is 0.0227. The van der Waals surface area contributed by atoms with Crippen molar-refractivity contribution in [2.75, 3.05) is 24.6 Å². The van der Waals surface area contributed by atoms with E-state index in [4.69, 9.17) is 15.9 Å². The highest BCUT2D eigenvalue weighted by atomic mass is 33.1. The van der Waals surface area contributed by atoms with Crippen LogP contribution in [0.2, 0.25) is 0 Å². The summed E-state index contributed by atoms with van der Waals surface area (Å²) in [5, 5.41) is 32.7. The Hall–Kier alpha value is -2.36. The smallest absolute Gasteiger partial charge is 0.326 e. The molecule has 0 spiro atoms. The van der Waals surface area contributed by atoms with Crippen molar-refractivity contribution >= 4 is 57.1 Å². The first kappa shape index (κ1) is 34.7. The van der Waals surface area contributed by atoms with Gasteiger partial charge in [-0.1, -0.05) is 35.4 Å². The van der Waals surface area contributed by atoms with E-state index in [9.17, 15) is 33.9 Å². The molecule has 2 amide bonds. The number of nitrogens with zero attached hydrogens (tertiary/aromatic N) is 1. The van der Waals surface area contributed by atoms with Gasteiger partial charge in [0.25, 0.3) is 0 Å². The Kier molecular flexibility index (Phi) is 14.3. The third kappa shape index (κ3) is 11.3. The predicted octanol–water partition coefficient (Wildman–Crippen LogP) is 0.414. The Labute approximate surface area is 235 Å². The Morgan fingerprint density at radius 1 is 1.05 bits per heavy atom. The summed E-state index contributed by atoms with van der Waals surface area (Å²) in [6, 6.07) is -2.85. The maximum absolute atomic E-state index is 12.8. The van der Waals surface area contributed by atoms with E-state index in [0.29, 0.717) is 25.1 Å². The van der Waals surface area contributed by atoms with Crippen molar-refractivity contribution in [2.45, 2.75) is 77.0 Å². The van der Waals surface area contributed by atoms with Crippen LogP contribution in [-0.4, -0.2) is 104 Å². The lowest BCUT2D eigenvalue weighted by molar-refractivity contribution is -0.149. The van der Waals surface area contributed by atoms with Gasteiger partial charge in [0, 0.05) is 41.8 Å². The Bertz CT molecular complexity index is 918. The topological polar surface area (TPSA) is 216 Å². The first-order valence-electron chi connectivity index (χ1n) is 12.6. The number of hydrogen-bond donors (Lipinski definition) is 6. The van der Waals surface area contributed by atoms with Gasteiger partial charge >= 0.3 is 17.9 Å². The molecule has 15 heteroatoms. The third-order valence-corrected chi connectivity index (χ3v) is 9.33. The number of Topliss-reactive ketones (excluding diaryl/α,β-unsaturated/α-hetero) is 1. The monoisotopic (exact) mass is 592 g/mol. The highest BCUT2D eigenvalue weighted by Gasteiger charge is 2.37. The number of nitrogens with one attached hydrogen (secondary N) is 2. The third-order valence-electron chi connectivity index (χ3n) is 6.74. The molecule has 0 aromatic rings. The maximum atomic E-state index is 12.8. The molecule has 1 rings (SSSR count). The molecule has 1 aliphatic heterocycles. The van der Waals surface area contributed by atoms with E-state index in [1.807, 2.05) is 0 Å². The average Bonchev–Trinajstić information content (AvgIpc) is 3.36. The number of ketones is 1. The van der Waals surface area contributed by atoms with Crippen LogP contribution in [0.5, 0.6) is 0 Å². The first-order chi connectivity index (χ1) is 18.1. The summed E-state index contributed by atoms with van der Waals surface area (Å²) in [7, 11) is 2.62. The van der Waals surface area contributed by atoms with E-state index < -0.39 is 65.9 Å². The highest BCUT2D eigenvalue weighted by molar-refractivity contribution is 8.76. The lowest BCUT2D eigenvalue weighted by Crippen LogP contribution is -2.58. The van der Waals surface area contributed by atoms with Crippen LogP contribution in [0.1, 0.15) is 53.4 Å². The zero-order chi connectivity index (χ0) is 29.9. The standard InChI is InChI=1S/C24H40N4O9S2/c1-13(21(33)28-9-5-6-17(28)23(36)37)11-38-39-12-16(20(32)26-10-19(30)31)27-24(3,4)14(2)18(29)8-7-15(25)22(34)35/h13-17,27H,5-12,25H2,1-4H3,(H,26,32)(H,30,31)(H,34,35)(H,36,37)/t13?,14?,15-,16-,17?/m0/s1. The van der Waals surface area contributed by atoms with Crippen LogP contribution in [0, 0.1) is 11.8 Å². The van der Waals surface area contributed by atoms with Gasteiger partial charge in [-0.15, -0.1) is 0 Å². The first-order valence-corrected chi connectivity index (χ1v) is 15.1. The lowest BCUT2D eigenvalue weighted by Gasteiger charge is -2.35. The van der Waals surface area contributed by atoms with Gasteiger partial charge < -0.3 is 31.3 Å². The van der Waals surface area contributed by atoms with Crippen LogP contribution in [0.3, 0.4) is 0 Å². The fourth-order valence-corrected chi connectivity index (χ4v) is 6.50. The minimum atomic E-state index is -1.21. The van der Waals surface area contributed by atoms with Crippen molar-refractivity contribution in [3.8, 4) is 0 Å². The van der Waals surface area contributed by atoms with Crippen LogP contribution in [0.4, 0.5) is 0 Å². The molecule has 0 aromatic carbocycles. The van der Waals surface area contributed by atoms with Gasteiger partial charge in [-0.25, -0.2) is 4.79 Å². The number of amides is 2. The van der Waals surface area contributed by atoms with Gasteiger partial charge in [-0.2, -0.15) is 0 Å². The molecule has 1 heterocycles. The average molecular weight is 593 g/mol. The van der Waals surface area contributed by atoms with Gasteiger partial charge in [0.1, 0.15) is 24.4 Å². The van der Waals surface area contributed by atoms with Crippen molar-refractivity contribution < 1.29 is 44.1 Å². The summed E-state index contributed by atoms with van der Waals surface area (Å²) in [5.74, 6) is -4.97. The Morgan fingerprint density at radius 3 is 2.23 bits per heavy atom. The minimum Gasteiger partial charge on any atom is -0.480 e. The summed E-state index contributed by atoms with van der Waals surface area (Å²) >= 11 is 0. The number of carbonyl (C=O) groups excluding carboxylic acids is 3. The molecule has 39 heavy (non-hydrogen) atoms. The van der Waals surface area contributed by atoms with Gasteiger partial charge in [-0.05, 0) is 33.1 Å². The molecule has 3 unspecified atom stereocenters. The molecule has 1 aliphatic rings. The second-order valence-electron chi connectivity index (χ2n) is 10.2. The molecule has 7 N–H and O–H groups in total. The van der Waals surface area contributed by atoms with E-state index in [2.05, 4.69) is 10.6 Å². The highest BCUT2D eigenvalue weighted by Crippen LogP contribution is 2.29. The number of carboxylic acid groups (broad SMARTS) is 3. The van der Waals surface area contributed by atoms with Crippen molar-refractivity contribution in [3.63, 3.8) is 0 Å². The number of likely N-dealkylation sites (tertiary alicyclic amines) is 1. The molecular weight excluding hydrogens is 552 g/mol. The summed E-state index contributed by atoms with van der Waals surface area (Å²) < 4.78 is 0. The molecular formula is C24H40N4O9S2. The zero-order valence-electron chi connectivity index (χ0n) is 22.7. The molecule has 13 nitrogen and oxygen atoms in total. The molecule has 1 saturated heterocycles. The Balaban J connectivity index is 2.76. The SMILES string of the molecule is CC(CSSC[C@H](NC(C)(C)C(C)C(=O)CC[C@H](N)C(=O)O)C(=O)NCC(=O)O)C(=O)N1CCCC1C(=O)O. The largest absolute Gasteiger partial charge is 0.480 e. The van der Waals surface area contributed by atoms with E-state index in [1.165, 1.54) is 26.5 Å². The van der Waals surface area contributed by atoms with E-state index in [-0.39, 0.29) is 30.3 Å². The molecule has 1 fully saturated rings. The molecule has 0 radical (unpaired) electrons. The van der Waals surface area contributed by atoms with Crippen LogP contribution < -0.4 is 16.4 Å². The molecule has 222 valence electrons. The lowest BCUT2D eigenvalue weighted by atomic mass is 9.83. The zero-order valence-corrected chi connectivity index (χ0v) is 24.3. The molecule has 0 saturated carbocycles. The second-order valence-corrected chi connectivity index (χ2v) is 12.8. The molecule has 5 atom stereocenters. The van der Waals surface area contributed by atoms with Crippen molar-refractivity contribution in [2.24, 2.45) is 17.6 Å². The van der Waals surface area contributed by atoms with Crippen molar-refractivity contribution in [1.82, 2.24) is 15.5 Å². The summed E-state index contributed by atoms with van der Waals surface area (Å²) in [6.07, 6.45) is 0.994. The number of carbonyl (C=O) groups is 6. The fourth-order valence-electron chi connectivity index (χ4n) is 3.99. The Morgan fingerprint density at radius 2 is 1.67 bits per heavy atom. The normalized spacial score (nSPS) is 18.6. The van der Waals surface area contributed by atoms with Crippen LogP contribution in [-0.2, 0) is 28.8 Å². The summed E-state index contributed by atoms with van der Waals surface area (Å²) in [6.45, 7) is 6.64. The number of nitrogens with two attached hydrogens (primary N) is 1. The second kappa shape index (κ2) is 16.0. The summed E-state index contributed by atoms with van der Waals surface area (Å²) in [4.78, 5) is 72.9. The quantitative estimate of drug-likeness (QED) is 0.0940. The van der Waals surface area contributed by atoms with Gasteiger partial charge in [0.05, 0.1) is 6.04 Å². The van der Waals surface area contributed by atoms with Gasteiger partial charge in [0.2, 0.25) is 11.8 Å². The number of hydrogen-bond acceptors (Lipinski definition) is 10. The van der Waals surface area contributed by atoms with Crippen LogP contribution >= 0.6 is 21.6 Å². The number of rotatable bonds is 18. The van der Waals surface area contributed by atoms with E-state index in [0.717, 1.165) is 0 Å². The van der Waals surface area contributed by atoms with Gasteiger partial charge in [0.15, 0.2) is 0 Å². The molecule has 0 aliphatic carbocycles. The fraction of sp³-hybridized carbons (Fsp3) is 0.750. The number of aliphatic carboxylic acids is 3. The van der Waals surface area contributed by atoms with Crippen LogP contribution in [0.25, 0.3) is 0 Å². The molecule has 0 bridgehead atoms.